The Hall–Kier alpha value is -2.78. The van der Waals surface area contributed by atoms with Crippen molar-refractivity contribution in [1.82, 2.24) is 19.8 Å². The summed E-state index contributed by atoms with van der Waals surface area (Å²) in [5.41, 5.74) is 1.82. The van der Waals surface area contributed by atoms with Gasteiger partial charge in [0.2, 0.25) is 5.91 Å². The zero-order valence-corrected chi connectivity index (χ0v) is 21.0. The number of piperazine rings is 1. The minimum Gasteiger partial charge on any atom is -0.368 e. The fraction of sp³-hybridized carbons (Fsp3) is 0.462. The lowest BCUT2D eigenvalue weighted by Gasteiger charge is -2.42. The quantitative estimate of drug-likeness (QED) is 0.520. The Morgan fingerprint density at radius 3 is 2.69 bits per heavy atom. The van der Waals surface area contributed by atoms with Gasteiger partial charge in [-0.15, -0.1) is 0 Å². The first kappa shape index (κ1) is 24.9. The number of nitrogens with zero attached hydrogens (tertiary/aromatic N) is 4. The van der Waals surface area contributed by atoms with E-state index in [0.717, 1.165) is 36.7 Å². The number of nitrogens with one attached hydrogen (secondary N) is 1. The van der Waals surface area contributed by atoms with E-state index in [2.05, 4.69) is 22.1 Å². The molecular formula is C26H29ClF3N5O. The van der Waals surface area contributed by atoms with Gasteiger partial charge >= 0.3 is 6.18 Å². The Morgan fingerprint density at radius 2 is 2.00 bits per heavy atom. The molecule has 1 N–H and O–H groups in total. The average molecular weight is 520 g/mol. The maximum Gasteiger partial charge on any atom is 0.416 e. The molecule has 0 aliphatic carbocycles. The molecule has 1 unspecified atom stereocenters. The molecular weight excluding hydrogens is 491 g/mol. The van der Waals surface area contributed by atoms with Gasteiger partial charge in [0, 0.05) is 36.4 Å². The lowest BCUT2D eigenvalue weighted by atomic mass is 10.0. The molecule has 2 aliphatic rings. The summed E-state index contributed by atoms with van der Waals surface area (Å²) in [6.45, 7) is 6.68. The van der Waals surface area contributed by atoms with Crippen molar-refractivity contribution in [1.29, 1.82) is 0 Å². The van der Waals surface area contributed by atoms with Crippen molar-refractivity contribution >= 4 is 34.2 Å². The van der Waals surface area contributed by atoms with Crippen LogP contribution >= 0.6 is 11.6 Å². The lowest BCUT2D eigenvalue weighted by Crippen LogP contribution is -2.57. The van der Waals surface area contributed by atoms with E-state index < -0.39 is 17.8 Å². The van der Waals surface area contributed by atoms with Gasteiger partial charge in [0.25, 0.3) is 0 Å². The first-order valence-electron chi connectivity index (χ1n) is 12.3. The van der Waals surface area contributed by atoms with Gasteiger partial charge in [-0.1, -0.05) is 17.7 Å². The Morgan fingerprint density at radius 1 is 1.19 bits per heavy atom. The van der Waals surface area contributed by atoms with Crippen LogP contribution in [0, 0.1) is 0 Å². The molecule has 0 saturated carbocycles. The molecule has 2 saturated heterocycles. The van der Waals surface area contributed by atoms with Crippen LogP contribution < -0.4 is 10.2 Å². The summed E-state index contributed by atoms with van der Waals surface area (Å²) >= 11 is 5.88. The van der Waals surface area contributed by atoms with Gasteiger partial charge in [-0.05, 0) is 69.1 Å². The molecule has 36 heavy (non-hydrogen) atoms. The fourth-order valence-corrected chi connectivity index (χ4v) is 5.60. The second kappa shape index (κ2) is 9.59. The van der Waals surface area contributed by atoms with E-state index in [1.807, 2.05) is 23.1 Å². The summed E-state index contributed by atoms with van der Waals surface area (Å²) in [4.78, 5) is 21.5. The Kier molecular flexibility index (Phi) is 6.63. The molecule has 192 valence electrons. The average Bonchev–Trinajstić information content (AvgIpc) is 3.52. The number of rotatable bonds is 4. The van der Waals surface area contributed by atoms with Crippen molar-refractivity contribution in [2.24, 2.45) is 0 Å². The highest BCUT2D eigenvalue weighted by atomic mass is 35.5. The summed E-state index contributed by atoms with van der Waals surface area (Å²) < 4.78 is 43.0. The predicted molar refractivity (Wildman–Crippen MR) is 134 cm³/mol. The predicted octanol–water partition coefficient (Wildman–Crippen LogP) is 5.11. The number of benzene rings is 2. The normalized spacial score (nSPS) is 21.8. The molecule has 2 aromatic carbocycles. The van der Waals surface area contributed by atoms with Crippen LogP contribution in [-0.4, -0.2) is 58.6 Å². The van der Waals surface area contributed by atoms with Gasteiger partial charge < -0.3 is 19.7 Å². The van der Waals surface area contributed by atoms with Crippen LogP contribution in [0.3, 0.4) is 0 Å². The van der Waals surface area contributed by atoms with E-state index in [1.165, 1.54) is 12.1 Å². The van der Waals surface area contributed by atoms with Crippen molar-refractivity contribution in [3.63, 3.8) is 0 Å². The van der Waals surface area contributed by atoms with Gasteiger partial charge in [0.05, 0.1) is 35.0 Å². The second-order valence-corrected chi connectivity index (χ2v) is 10.1. The van der Waals surface area contributed by atoms with E-state index >= 15 is 0 Å². The molecule has 2 fully saturated rings. The lowest BCUT2D eigenvalue weighted by molar-refractivity contribution is -0.138. The zero-order chi connectivity index (χ0) is 25.6. The summed E-state index contributed by atoms with van der Waals surface area (Å²) in [5.74, 6) is 0.172. The van der Waals surface area contributed by atoms with Gasteiger partial charge in [0.1, 0.15) is 0 Å². The van der Waals surface area contributed by atoms with Crippen LogP contribution in [-0.2, 0) is 11.0 Å². The van der Waals surface area contributed by atoms with Crippen LogP contribution in [0.1, 0.15) is 43.9 Å². The van der Waals surface area contributed by atoms with Crippen LogP contribution in [0.15, 0.2) is 42.7 Å². The summed E-state index contributed by atoms with van der Waals surface area (Å²) in [5, 5.41) is 3.34. The fourth-order valence-electron chi connectivity index (χ4n) is 5.42. The number of carbonyl (C=O) groups excluding carboxylic acids is 1. The van der Waals surface area contributed by atoms with Crippen molar-refractivity contribution < 1.29 is 18.0 Å². The molecule has 2 aliphatic heterocycles. The number of carbonyl (C=O) groups is 1. The maximum atomic E-state index is 13.8. The monoisotopic (exact) mass is 519 g/mol. The molecule has 1 amide bonds. The zero-order valence-electron chi connectivity index (χ0n) is 20.2. The number of imidazole rings is 1. The number of fused-ring (bicyclic) bond motifs is 1. The largest absolute Gasteiger partial charge is 0.416 e. The molecule has 5 rings (SSSR count). The maximum absolute atomic E-state index is 13.8. The minimum absolute atomic E-state index is 0.0477. The third-order valence-electron chi connectivity index (χ3n) is 7.38. The summed E-state index contributed by atoms with van der Waals surface area (Å²) in [6, 6.07) is 9.11. The first-order valence-corrected chi connectivity index (χ1v) is 12.6. The van der Waals surface area contributed by atoms with E-state index in [-0.39, 0.29) is 28.6 Å². The highest BCUT2D eigenvalue weighted by molar-refractivity contribution is 6.30. The van der Waals surface area contributed by atoms with Gasteiger partial charge in [-0.25, -0.2) is 4.98 Å². The van der Waals surface area contributed by atoms with Gasteiger partial charge in [-0.3, -0.25) is 4.79 Å². The van der Waals surface area contributed by atoms with Crippen molar-refractivity contribution in [2.75, 3.05) is 31.1 Å². The number of anilines is 1. The number of halogens is 4. The highest BCUT2D eigenvalue weighted by Crippen LogP contribution is 2.38. The van der Waals surface area contributed by atoms with E-state index in [0.29, 0.717) is 25.2 Å². The molecule has 3 aromatic rings. The number of alkyl halides is 3. The number of hydrogen-bond acceptors (Lipinski definition) is 4. The molecule has 3 atom stereocenters. The topological polar surface area (TPSA) is 53.4 Å². The molecule has 3 heterocycles. The Labute approximate surface area is 213 Å². The highest BCUT2D eigenvalue weighted by Gasteiger charge is 2.36. The van der Waals surface area contributed by atoms with E-state index in [9.17, 15) is 18.0 Å². The SMILES string of the molecule is C[C@@H]1CN(c2ccc3ncn([C@H](C)c4ccc(Cl)cc4C(F)(F)F)c3c2)CCN1C(=O)C1CCCN1. The van der Waals surface area contributed by atoms with Crippen LogP contribution in [0.2, 0.25) is 5.02 Å². The third-order valence-corrected chi connectivity index (χ3v) is 7.62. The molecule has 0 bridgehead atoms. The third kappa shape index (κ3) is 4.66. The Bertz CT molecular complexity index is 1270. The number of aromatic nitrogens is 2. The van der Waals surface area contributed by atoms with Gasteiger partial charge in [0.15, 0.2) is 0 Å². The molecule has 6 nitrogen and oxygen atoms in total. The minimum atomic E-state index is -4.52. The number of amides is 1. The van der Waals surface area contributed by atoms with E-state index in [1.54, 1.807) is 17.8 Å². The first-order chi connectivity index (χ1) is 17.1. The second-order valence-electron chi connectivity index (χ2n) is 9.71. The van der Waals surface area contributed by atoms with Crippen LogP contribution in [0.25, 0.3) is 11.0 Å². The van der Waals surface area contributed by atoms with Crippen LogP contribution in [0.5, 0.6) is 0 Å². The molecule has 0 radical (unpaired) electrons. The Balaban J connectivity index is 1.40. The van der Waals surface area contributed by atoms with Crippen molar-refractivity contribution in [2.45, 2.75) is 51.0 Å². The summed E-state index contributed by atoms with van der Waals surface area (Å²) in [7, 11) is 0. The molecule has 0 spiro atoms. The number of hydrogen-bond donors (Lipinski definition) is 1. The van der Waals surface area contributed by atoms with E-state index in [4.69, 9.17) is 11.6 Å². The van der Waals surface area contributed by atoms with Crippen molar-refractivity contribution in [3.05, 3.63) is 58.9 Å². The summed E-state index contributed by atoms with van der Waals surface area (Å²) in [6.07, 6.45) is -1.02. The molecule has 1 aromatic heterocycles. The molecule has 10 heteroatoms. The van der Waals surface area contributed by atoms with Gasteiger partial charge in [-0.2, -0.15) is 13.2 Å². The van der Waals surface area contributed by atoms with Crippen LogP contribution in [0.4, 0.5) is 18.9 Å². The standard InChI is InChI=1S/C26H29ClF3N5O/c1-16-14-33(10-11-34(16)25(36)23-4-3-9-31-23)19-6-8-22-24(13-19)35(15-32-22)17(2)20-7-5-18(27)12-21(20)26(28,29)30/h5-8,12-13,15-17,23,31H,3-4,9-11,14H2,1-2H3/t16-,17-,23?/m1/s1. The van der Waals surface area contributed by atoms with Crippen molar-refractivity contribution in [3.8, 4) is 0 Å². The smallest absolute Gasteiger partial charge is 0.368 e.